The van der Waals surface area contributed by atoms with Crippen LogP contribution in [-0.2, 0) is 28.6 Å². The first kappa shape index (κ1) is 49.6. The van der Waals surface area contributed by atoms with E-state index in [0.29, 0.717) is 25.7 Å². The van der Waals surface area contributed by atoms with Crippen molar-refractivity contribution >= 4 is 17.9 Å². The predicted octanol–water partition coefficient (Wildman–Crippen LogP) is 13.3. The number of esters is 3. The molecule has 0 fully saturated rings. The minimum atomic E-state index is -0.821. The lowest BCUT2D eigenvalue weighted by Gasteiger charge is -2.18. The van der Waals surface area contributed by atoms with Crippen LogP contribution in [-0.4, -0.2) is 37.2 Å². The normalized spacial score (nSPS) is 12.9. The van der Waals surface area contributed by atoms with Gasteiger partial charge in [-0.2, -0.15) is 0 Å². The van der Waals surface area contributed by atoms with Crippen LogP contribution in [0.2, 0.25) is 0 Å². The quantitative estimate of drug-likeness (QED) is 0.0276. The third-order valence-corrected chi connectivity index (χ3v) is 8.35. The van der Waals surface area contributed by atoms with Crippen molar-refractivity contribution in [2.24, 2.45) is 0 Å². The van der Waals surface area contributed by atoms with E-state index in [1.165, 1.54) is 51.4 Å². The first-order valence-electron chi connectivity index (χ1n) is 21.1. The number of carbonyl (C=O) groups excluding carboxylic acids is 3. The van der Waals surface area contributed by atoms with Crippen molar-refractivity contribution in [2.45, 2.75) is 181 Å². The van der Waals surface area contributed by atoms with Crippen LogP contribution in [0.4, 0.5) is 0 Å². The van der Waals surface area contributed by atoms with Crippen LogP contribution in [0.15, 0.2) is 85.1 Å². The van der Waals surface area contributed by atoms with E-state index >= 15 is 0 Å². The van der Waals surface area contributed by atoms with E-state index in [9.17, 15) is 14.4 Å². The lowest BCUT2D eigenvalue weighted by molar-refractivity contribution is -0.166. The first-order valence-corrected chi connectivity index (χ1v) is 21.1. The maximum atomic E-state index is 12.6. The molecule has 1 unspecified atom stereocenters. The number of hydrogen-bond donors (Lipinski definition) is 0. The Hall–Kier alpha value is -3.41. The molecule has 0 spiro atoms. The van der Waals surface area contributed by atoms with Gasteiger partial charge in [-0.05, 0) is 96.3 Å². The molecular formula is C47H76O6. The van der Waals surface area contributed by atoms with Crippen LogP contribution >= 0.6 is 0 Å². The van der Waals surface area contributed by atoms with Crippen molar-refractivity contribution in [3.63, 3.8) is 0 Å². The van der Waals surface area contributed by atoms with Gasteiger partial charge in [0.25, 0.3) is 0 Å². The summed E-state index contributed by atoms with van der Waals surface area (Å²) in [4.78, 5) is 37.4. The minimum Gasteiger partial charge on any atom is -0.462 e. The second-order valence-electron chi connectivity index (χ2n) is 13.5. The van der Waals surface area contributed by atoms with Gasteiger partial charge in [-0.15, -0.1) is 0 Å². The first-order chi connectivity index (χ1) is 26.0. The largest absolute Gasteiger partial charge is 0.462 e. The summed E-state index contributed by atoms with van der Waals surface area (Å²) in [6, 6.07) is 0. The molecule has 0 heterocycles. The average molecular weight is 737 g/mol. The van der Waals surface area contributed by atoms with Gasteiger partial charge in [0.05, 0.1) is 0 Å². The topological polar surface area (TPSA) is 78.9 Å². The Morgan fingerprint density at radius 1 is 0.396 bits per heavy atom. The molecule has 0 rings (SSSR count). The Morgan fingerprint density at radius 2 is 0.736 bits per heavy atom. The highest BCUT2D eigenvalue weighted by Gasteiger charge is 2.19. The van der Waals surface area contributed by atoms with E-state index < -0.39 is 6.10 Å². The number of carbonyl (C=O) groups is 3. The van der Waals surface area contributed by atoms with Gasteiger partial charge in [0, 0.05) is 19.3 Å². The molecule has 6 nitrogen and oxygen atoms in total. The van der Waals surface area contributed by atoms with E-state index in [-0.39, 0.29) is 44.0 Å². The van der Waals surface area contributed by atoms with Gasteiger partial charge in [0.2, 0.25) is 0 Å². The molecule has 0 aliphatic carbocycles. The third-order valence-electron chi connectivity index (χ3n) is 8.35. The maximum absolute atomic E-state index is 12.6. The zero-order valence-electron chi connectivity index (χ0n) is 34.0. The van der Waals surface area contributed by atoms with Crippen LogP contribution in [0.3, 0.4) is 0 Å². The molecule has 0 aliphatic rings. The molecule has 300 valence electrons. The highest BCUT2D eigenvalue weighted by Crippen LogP contribution is 2.09. The molecule has 0 saturated heterocycles. The number of unbranched alkanes of at least 4 members (excludes halogenated alkanes) is 11. The Labute approximate surface area is 325 Å². The Kier molecular flexibility index (Phi) is 38.7. The average Bonchev–Trinajstić information content (AvgIpc) is 3.15. The fourth-order valence-electron chi connectivity index (χ4n) is 5.19. The molecule has 0 bridgehead atoms. The summed E-state index contributed by atoms with van der Waals surface area (Å²) in [5.41, 5.74) is 0. The fourth-order valence-corrected chi connectivity index (χ4v) is 5.19. The van der Waals surface area contributed by atoms with Crippen molar-refractivity contribution in [3.8, 4) is 0 Å². The summed E-state index contributed by atoms with van der Waals surface area (Å²) >= 11 is 0. The third kappa shape index (κ3) is 39.6. The molecule has 0 aromatic rings. The molecule has 53 heavy (non-hydrogen) atoms. The molecule has 1 atom stereocenters. The number of ether oxygens (including phenoxy) is 3. The fraction of sp³-hybridized carbons (Fsp3) is 0.638. The lowest BCUT2D eigenvalue weighted by atomic mass is 10.1. The van der Waals surface area contributed by atoms with Gasteiger partial charge in [0.1, 0.15) is 13.2 Å². The van der Waals surface area contributed by atoms with Gasteiger partial charge in [-0.25, -0.2) is 0 Å². The van der Waals surface area contributed by atoms with Gasteiger partial charge in [0.15, 0.2) is 6.10 Å². The van der Waals surface area contributed by atoms with E-state index in [0.717, 1.165) is 64.2 Å². The summed E-state index contributed by atoms with van der Waals surface area (Å²) in [6.07, 6.45) is 51.6. The second-order valence-corrected chi connectivity index (χ2v) is 13.5. The van der Waals surface area contributed by atoms with Crippen LogP contribution in [0.5, 0.6) is 0 Å². The lowest BCUT2D eigenvalue weighted by Crippen LogP contribution is -2.30. The van der Waals surface area contributed by atoms with Crippen molar-refractivity contribution in [3.05, 3.63) is 85.1 Å². The molecule has 0 radical (unpaired) electrons. The Balaban J connectivity index is 4.50. The van der Waals surface area contributed by atoms with Crippen molar-refractivity contribution < 1.29 is 28.6 Å². The van der Waals surface area contributed by atoms with Gasteiger partial charge >= 0.3 is 17.9 Å². The summed E-state index contributed by atoms with van der Waals surface area (Å²) < 4.78 is 16.5. The monoisotopic (exact) mass is 737 g/mol. The number of rotatable bonds is 36. The molecule has 0 aromatic heterocycles. The summed E-state index contributed by atoms with van der Waals surface area (Å²) in [6.45, 7) is 6.31. The van der Waals surface area contributed by atoms with E-state index in [2.05, 4.69) is 106 Å². The van der Waals surface area contributed by atoms with Gasteiger partial charge in [-0.1, -0.05) is 144 Å². The molecule has 0 N–H and O–H groups in total. The smallest absolute Gasteiger partial charge is 0.306 e. The van der Waals surface area contributed by atoms with Gasteiger partial charge in [-0.3, -0.25) is 14.4 Å². The number of hydrogen-bond acceptors (Lipinski definition) is 6. The zero-order valence-corrected chi connectivity index (χ0v) is 34.0. The minimum absolute atomic E-state index is 0.122. The summed E-state index contributed by atoms with van der Waals surface area (Å²) in [7, 11) is 0. The summed E-state index contributed by atoms with van der Waals surface area (Å²) in [5, 5.41) is 0. The van der Waals surface area contributed by atoms with E-state index in [1.54, 1.807) is 0 Å². The molecule has 0 saturated carbocycles. The van der Waals surface area contributed by atoms with E-state index in [4.69, 9.17) is 14.2 Å². The second kappa shape index (κ2) is 41.3. The van der Waals surface area contributed by atoms with Crippen molar-refractivity contribution in [1.82, 2.24) is 0 Å². The van der Waals surface area contributed by atoms with Crippen molar-refractivity contribution in [1.29, 1.82) is 0 Å². The molecular weight excluding hydrogens is 661 g/mol. The Bertz CT molecular complexity index is 1080. The molecule has 0 amide bonds. The standard InChI is InChI=1S/C47H76O6/c1-4-7-10-13-16-19-20-21-22-23-24-25-26-29-31-34-37-40-46(49)52-43-44(53-47(50)41-38-35-32-28-18-15-12-9-6-3)42-51-45(48)39-36-33-30-27-17-14-11-8-5-2/h7,10,16,19,21-22,24-25,27-32,44H,4-6,8-9,11-15,17-18,20,23,26,33-43H2,1-3H3/b10-7-,19-16-,22-21-,25-24-,30-27-,31-29-,32-28-. The zero-order chi connectivity index (χ0) is 38.7. The predicted molar refractivity (Wildman–Crippen MR) is 224 cm³/mol. The van der Waals surface area contributed by atoms with E-state index in [1.807, 2.05) is 0 Å². The van der Waals surface area contributed by atoms with Crippen LogP contribution in [0.25, 0.3) is 0 Å². The summed E-state index contributed by atoms with van der Waals surface area (Å²) in [5.74, 6) is -1.06. The SMILES string of the molecule is CC/C=C\C/C=C\C/C=C\C/C=C\C/C=C\CCCC(=O)OCC(COC(=O)CCC/C=C\CCCCCC)OC(=O)CCC/C=C\CCCCCC. The van der Waals surface area contributed by atoms with Crippen molar-refractivity contribution in [2.75, 3.05) is 13.2 Å². The maximum Gasteiger partial charge on any atom is 0.306 e. The Morgan fingerprint density at radius 3 is 1.13 bits per heavy atom. The molecule has 0 aromatic carbocycles. The highest BCUT2D eigenvalue weighted by atomic mass is 16.6. The van der Waals surface area contributed by atoms with Crippen LogP contribution in [0, 0.1) is 0 Å². The molecule has 0 aliphatic heterocycles. The van der Waals surface area contributed by atoms with Gasteiger partial charge < -0.3 is 14.2 Å². The number of allylic oxidation sites excluding steroid dienone is 14. The van der Waals surface area contributed by atoms with Crippen LogP contribution in [0.1, 0.15) is 175 Å². The highest BCUT2D eigenvalue weighted by molar-refractivity contribution is 5.71. The molecule has 6 heteroatoms. The van der Waals surface area contributed by atoms with Crippen LogP contribution < -0.4 is 0 Å².